The molecule has 0 aliphatic heterocycles. The van der Waals surface area contributed by atoms with Crippen molar-refractivity contribution in [2.45, 2.75) is 19.8 Å². The molecule has 86 valence electrons. The summed E-state index contributed by atoms with van der Waals surface area (Å²) in [7, 11) is 0. The summed E-state index contributed by atoms with van der Waals surface area (Å²) in [5.41, 5.74) is 2.79. The van der Waals surface area contributed by atoms with Crippen LogP contribution in [-0.2, 0) is 4.74 Å². The fourth-order valence-corrected chi connectivity index (χ4v) is 2.02. The maximum absolute atomic E-state index is 8.85. The maximum Gasteiger partial charge on any atom is 0.162 e. The fourth-order valence-electron chi connectivity index (χ4n) is 1.82. The largest absolute Gasteiger partial charge is 0.451 e. The Labute approximate surface area is 109 Å². The summed E-state index contributed by atoms with van der Waals surface area (Å²) in [4.78, 5) is 0. The van der Waals surface area contributed by atoms with E-state index < -0.39 is 0 Å². The Balaban J connectivity index is 3.11. The molecular weight excluding hydrogens is 280 g/mol. The molecule has 0 atom stereocenters. The van der Waals surface area contributed by atoms with Crippen LogP contribution in [0.5, 0.6) is 0 Å². The zero-order valence-corrected chi connectivity index (χ0v) is 11.1. The summed E-state index contributed by atoms with van der Waals surface area (Å²) in [5.74, 6) is 0.509. The van der Waals surface area contributed by atoms with Crippen LogP contribution in [0.2, 0.25) is 0 Å². The molecular formula is C13H11BrN2O. The molecule has 0 aromatic rings. The van der Waals surface area contributed by atoms with Gasteiger partial charge in [0.25, 0.3) is 0 Å². The number of halogens is 1. The number of allylic oxidation sites excluding steroid dienone is 4. The number of nitriles is 2. The van der Waals surface area contributed by atoms with Crippen molar-refractivity contribution in [1.29, 1.82) is 10.5 Å². The van der Waals surface area contributed by atoms with E-state index in [1.54, 1.807) is 0 Å². The van der Waals surface area contributed by atoms with Gasteiger partial charge in [0.1, 0.15) is 23.5 Å². The molecule has 1 aliphatic rings. The molecule has 3 nitrogen and oxygen atoms in total. The Morgan fingerprint density at radius 2 is 1.88 bits per heavy atom. The minimum Gasteiger partial charge on any atom is -0.451 e. The van der Waals surface area contributed by atoms with Crippen LogP contribution in [0.15, 0.2) is 45.9 Å². The number of nitrogens with zero attached hydrogens (tertiary/aromatic N) is 2. The molecule has 0 aromatic carbocycles. The predicted molar refractivity (Wildman–Crippen MR) is 68.5 cm³/mol. The Morgan fingerprint density at radius 3 is 2.35 bits per heavy atom. The third-order valence-corrected chi connectivity index (χ3v) is 2.79. The highest BCUT2D eigenvalue weighted by Gasteiger charge is 2.22. The van der Waals surface area contributed by atoms with Crippen LogP contribution in [0.25, 0.3) is 0 Å². The molecule has 0 saturated heterocycles. The fraction of sp³-hybridized carbons (Fsp3) is 0.231. The first-order valence-corrected chi connectivity index (χ1v) is 5.75. The number of hydrogen-bond acceptors (Lipinski definition) is 3. The summed E-state index contributed by atoms with van der Waals surface area (Å²) >= 11 is 3.10. The molecule has 0 amide bonds. The van der Waals surface area contributed by atoms with Gasteiger partial charge < -0.3 is 4.74 Å². The highest BCUT2D eigenvalue weighted by Crippen LogP contribution is 2.37. The van der Waals surface area contributed by atoms with Crippen molar-refractivity contribution >= 4 is 15.9 Å². The van der Waals surface area contributed by atoms with Gasteiger partial charge in [0, 0.05) is 0 Å². The van der Waals surface area contributed by atoms with Crippen LogP contribution in [0.4, 0.5) is 0 Å². The average Bonchev–Trinajstić information content (AvgIpc) is 2.62. The van der Waals surface area contributed by atoms with E-state index in [-0.39, 0.29) is 5.57 Å². The van der Waals surface area contributed by atoms with Crippen molar-refractivity contribution in [1.82, 2.24) is 0 Å². The first-order chi connectivity index (χ1) is 8.01. The first-order valence-electron chi connectivity index (χ1n) is 4.96. The number of hydrogen-bond donors (Lipinski definition) is 0. The molecule has 0 aromatic heterocycles. The van der Waals surface area contributed by atoms with Crippen LogP contribution >= 0.6 is 15.9 Å². The summed E-state index contributed by atoms with van der Waals surface area (Å²) in [6.45, 7) is 9.26. The van der Waals surface area contributed by atoms with Crippen LogP contribution < -0.4 is 0 Å². The van der Waals surface area contributed by atoms with E-state index in [1.807, 2.05) is 19.1 Å². The van der Waals surface area contributed by atoms with Crippen LogP contribution in [0.1, 0.15) is 19.8 Å². The van der Waals surface area contributed by atoms with Crippen molar-refractivity contribution in [3.8, 4) is 12.1 Å². The lowest BCUT2D eigenvalue weighted by Gasteiger charge is -2.08. The van der Waals surface area contributed by atoms with Gasteiger partial charge in [-0.1, -0.05) is 6.58 Å². The van der Waals surface area contributed by atoms with Crippen molar-refractivity contribution in [2.75, 3.05) is 0 Å². The zero-order valence-electron chi connectivity index (χ0n) is 9.51. The molecule has 0 N–H and O–H groups in total. The quantitative estimate of drug-likeness (QED) is 0.586. The van der Waals surface area contributed by atoms with Gasteiger partial charge in [-0.2, -0.15) is 10.5 Å². The lowest BCUT2D eigenvalue weighted by molar-refractivity contribution is 0.352. The third-order valence-electron chi connectivity index (χ3n) is 2.63. The molecule has 0 radical (unpaired) electrons. The van der Waals surface area contributed by atoms with Crippen molar-refractivity contribution in [3.05, 3.63) is 45.9 Å². The van der Waals surface area contributed by atoms with E-state index in [0.717, 1.165) is 23.1 Å². The Kier molecular flexibility index (Phi) is 4.31. The van der Waals surface area contributed by atoms with Gasteiger partial charge in [0.15, 0.2) is 4.67 Å². The maximum atomic E-state index is 8.85. The zero-order chi connectivity index (χ0) is 13.0. The molecule has 0 bridgehead atoms. The third kappa shape index (κ3) is 2.87. The highest BCUT2D eigenvalue weighted by molar-refractivity contribution is 9.11. The second-order valence-electron chi connectivity index (χ2n) is 3.56. The van der Waals surface area contributed by atoms with Gasteiger partial charge in [0.05, 0.1) is 0 Å². The van der Waals surface area contributed by atoms with E-state index in [2.05, 4.69) is 29.1 Å². The standard InChI is InChI=1S/C13H11BrN2O/c1-8-12(9(2)17-10(3)14)4-5-13(8)11(6-15)7-16/h2-5H2,1H3. The van der Waals surface area contributed by atoms with Crippen LogP contribution in [0.3, 0.4) is 0 Å². The summed E-state index contributed by atoms with van der Waals surface area (Å²) in [6.07, 6.45) is 1.40. The normalized spacial score (nSPS) is 14.0. The number of rotatable bonds is 3. The van der Waals surface area contributed by atoms with Gasteiger partial charge in [-0.3, -0.25) is 0 Å². The lowest BCUT2D eigenvalue weighted by Crippen LogP contribution is -1.91. The SMILES string of the molecule is C=C(Br)OC(=C)C1=C(C)C(=C(C#N)C#N)CC1. The van der Waals surface area contributed by atoms with Crippen molar-refractivity contribution in [2.24, 2.45) is 0 Å². The lowest BCUT2D eigenvalue weighted by atomic mass is 10.0. The number of ether oxygens (including phenoxy) is 1. The topological polar surface area (TPSA) is 56.8 Å². The Bertz CT molecular complexity index is 511. The summed E-state index contributed by atoms with van der Waals surface area (Å²) < 4.78 is 5.67. The Morgan fingerprint density at radius 1 is 1.29 bits per heavy atom. The second-order valence-corrected chi connectivity index (χ2v) is 4.45. The monoisotopic (exact) mass is 290 g/mol. The van der Waals surface area contributed by atoms with Crippen molar-refractivity contribution < 1.29 is 4.74 Å². The predicted octanol–water partition coefficient (Wildman–Crippen LogP) is 3.84. The van der Waals surface area contributed by atoms with Gasteiger partial charge in [-0.15, -0.1) is 0 Å². The minimum atomic E-state index is 0.169. The Hall–Kier alpha value is -1.78. The first kappa shape index (κ1) is 13.3. The molecule has 0 heterocycles. The van der Waals surface area contributed by atoms with E-state index in [9.17, 15) is 0 Å². The van der Waals surface area contributed by atoms with E-state index >= 15 is 0 Å². The van der Waals surface area contributed by atoms with E-state index in [0.29, 0.717) is 16.8 Å². The molecule has 1 aliphatic carbocycles. The smallest absolute Gasteiger partial charge is 0.162 e. The highest BCUT2D eigenvalue weighted by atomic mass is 79.9. The average molecular weight is 291 g/mol. The second kappa shape index (κ2) is 5.52. The van der Waals surface area contributed by atoms with Gasteiger partial charge in [-0.05, 0) is 59.0 Å². The van der Waals surface area contributed by atoms with Gasteiger partial charge in [-0.25, -0.2) is 0 Å². The van der Waals surface area contributed by atoms with Crippen molar-refractivity contribution in [3.63, 3.8) is 0 Å². The van der Waals surface area contributed by atoms with Gasteiger partial charge in [0.2, 0.25) is 0 Å². The van der Waals surface area contributed by atoms with E-state index in [1.165, 1.54) is 0 Å². The molecule has 4 heteroatoms. The molecule has 1 rings (SSSR count). The van der Waals surface area contributed by atoms with Gasteiger partial charge >= 0.3 is 0 Å². The van der Waals surface area contributed by atoms with Crippen LogP contribution in [-0.4, -0.2) is 0 Å². The summed E-state index contributed by atoms with van der Waals surface area (Å²) in [5, 5.41) is 17.7. The van der Waals surface area contributed by atoms with E-state index in [4.69, 9.17) is 15.3 Å². The molecule has 0 fully saturated rings. The molecule has 0 unspecified atom stereocenters. The van der Waals surface area contributed by atoms with Crippen LogP contribution in [0, 0.1) is 22.7 Å². The molecule has 0 spiro atoms. The molecule has 0 saturated carbocycles. The summed E-state index contributed by atoms with van der Waals surface area (Å²) in [6, 6.07) is 3.82. The molecule has 17 heavy (non-hydrogen) atoms. The minimum absolute atomic E-state index is 0.169.